The lowest BCUT2D eigenvalue weighted by Crippen LogP contribution is -2.23. The van der Waals surface area contributed by atoms with E-state index in [9.17, 15) is 13.6 Å². The second kappa shape index (κ2) is 10.4. The molecule has 5 heteroatoms. The Hall–Kier alpha value is -3.99. The van der Waals surface area contributed by atoms with Crippen LogP contribution in [-0.4, -0.2) is 11.4 Å². The van der Waals surface area contributed by atoms with Gasteiger partial charge in [0, 0.05) is 11.1 Å². The van der Waals surface area contributed by atoms with Gasteiger partial charge in [0.1, 0.15) is 11.4 Å². The molecular weight excluding hydrogens is 482 g/mol. The van der Waals surface area contributed by atoms with Crippen molar-refractivity contribution in [3.63, 3.8) is 0 Å². The number of ether oxygens (including phenoxy) is 2. The van der Waals surface area contributed by atoms with Gasteiger partial charge in [0.05, 0.1) is 0 Å². The Kier molecular flexibility index (Phi) is 7.41. The first-order chi connectivity index (χ1) is 17.8. The molecule has 0 bridgehead atoms. The molecule has 0 spiro atoms. The fraction of sp³-hybridized carbons (Fsp3) is 0.242. The number of hydrogen-bond acceptors (Lipinski definition) is 3. The molecule has 3 nitrogen and oxygen atoms in total. The summed E-state index contributed by atoms with van der Waals surface area (Å²) in [7, 11) is 0. The minimum atomic E-state index is -0.586. The van der Waals surface area contributed by atoms with E-state index in [1.165, 1.54) is 18.2 Å². The Labute approximate surface area is 223 Å². The topological polar surface area (TPSA) is 35.5 Å². The summed E-state index contributed by atoms with van der Waals surface area (Å²) in [5.74, 6) is -0.635. The summed E-state index contributed by atoms with van der Waals surface area (Å²) in [6.45, 7) is 11.9. The third-order valence-electron chi connectivity index (χ3n) is 5.97. The molecule has 4 aromatic rings. The number of halogens is 2. The number of hydrogen-bond donors (Lipinski definition) is 0. The lowest BCUT2D eigenvalue weighted by molar-refractivity contribution is 0.103. The Morgan fingerprint density at radius 3 is 1.55 bits per heavy atom. The maximum absolute atomic E-state index is 14.9. The molecule has 0 atom stereocenters. The Morgan fingerprint density at radius 1 is 0.632 bits per heavy atom. The van der Waals surface area contributed by atoms with E-state index in [0.29, 0.717) is 28.0 Å². The van der Waals surface area contributed by atoms with Gasteiger partial charge in [0.25, 0.3) is 0 Å². The highest BCUT2D eigenvalue weighted by molar-refractivity contribution is 6.09. The first-order valence-electron chi connectivity index (χ1n) is 12.5. The van der Waals surface area contributed by atoms with Crippen LogP contribution in [0.15, 0.2) is 84.9 Å². The van der Waals surface area contributed by atoms with E-state index in [0.717, 1.165) is 5.56 Å². The van der Waals surface area contributed by atoms with Gasteiger partial charge in [0.15, 0.2) is 28.9 Å². The van der Waals surface area contributed by atoms with Gasteiger partial charge >= 0.3 is 0 Å². The van der Waals surface area contributed by atoms with E-state index >= 15 is 0 Å². The maximum atomic E-state index is 14.9. The maximum Gasteiger partial charge on any atom is 0.193 e. The molecule has 0 saturated heterocycles. The number of ketones is 1. The fourth-order valence-electron chi connectivity index (χ4n) is 3.95. The van der Waals surface area contributed by atoms with Gasteiger partial charge in [-0.2, -0.15) is 0 Å². The second-order valence-corrected chi connectivity index (χ2v) is 11.3. The van der Waals surface area contributed by atoms with Crippen LogP contribution in [0.3, 0.4) is 0 Å². The van der Waals surface area contributed by atoms with Gasteiger partial charge < -0.3 is 9.47 Å². The molecule has 0 amide bonds. The molecule has 0 aliphatic heterocycles. The monoisotopic (exact) mass is 514 g/mol. The molecule has 0 fully saturated rings. The summed E-state index contributed by atoms with van der Waals surface area (Å²) in [4.78, 5) is 12.9. The Balaban J connectivity index is 1.46. The predicted molar refractivity (Wildman–Crippen MR) is 147 cm³/mol. The highest BCUT2D eigenvalue weighted by atomic mass is 19.1. The average Bonchev–Trinajstić information content (AvgIpc) is 2.85. The van der Waals surface area contributed by atoms with Crippen LogP contribution in [0, 0.1) is 11.6 Å². The lowest BCUT2D eigenvalue weighted by Gasteiger charge is -2.21. The van der Waals surface area contributed by atoms with E-state index in [1.807, 2.05) is 45.0 Å². The first-order valence-corrected chi connectivity index (χ1v) is 12.5. The van der Waals surface area contributed by atoms with Crippen molar-refractivity contribution >= 4 is 5.78 Å². The van der Waals surface area contributed by atoms with Crippen LogP contribution in [0.5, 0.6) is 17.2 Å². The van der Waals surface area contributed by atoms with Crippen LogP contribution in [-0.2, 0) is 5.41 Å². The number of carbonyl (C=O) groups excluding carboxylic acids is 1. The summed E-state index contributed by atoms with van der Waals surface area (Å²) in [6.07, 6.45) is 0. The van der Waals surface area contributed by atoms with Crippen LogP contribution in [0.25, 0.3) is 11.1 Å². The van der Waals surface area contributed by atoms with Crippen molar-refractivity contribution in [1.82, 2.24) is 0 Å². The van der Waals surface area contributed by atoms with Crippen LogP contribution >= 0.6 is 0 Å². The lowest BCUT2D eigenvalue weighted by atomic mass is 9.86. The molecule has 0 unspecified atom stereocenters. The summed E-state index contributed by atoms with van der Waals surface area (Å²) >= 11 is 0. The molecule has 0 N–H and O–H groups in total. The van der Waals surface area contributed by atoms with E-state index < -0.39 is 17.2 Å². The molecule has 0 aromatic heterocycles. The van der Waals surface area contributed by atoms with Gasteiger partial charge in [-0.15, -0.1) is 0 Å². The van der Waals surface area contributed by atoms with Gasteiger partial charge in [-0.05, 0) is 91.4 Å². The third kappa shape index (κ3) is 6.46. The third-order valence-corrected chi connectivity index (χ3v) is 5.97. The van der Waals surface area contributed by atoms with Gasteiger partial charge in [-0.25, -0.2) is 8.78 Å². The SMILES string of the molecule is CC(C)(C)Oc1ccc(-c2ccc(Oc3ccc(C(=O)c4ccc(C(C)(C)C)cc4)cc3)c(F)c2)cc1F. The number of rotatable bonds is 6. The quantitative estimate of drug-likeness (QED) is 0.241. The Bertz CT molecular complexity index is 1440. The van der Waals surface area contributed by atoms with Crippen molar-refractivity contribution in [1.29, 1.82) is 0 Å². The minimum absolute atomic E-state index is 0.00982. The summed E-state index contributed by atoms with van der Waals surface area (Å²) in [5.41, 5.74) is 2.77. The normalized spacial score (nSPS) is 11.8. The molecule has 4 rings (SSSR count). The van der Waals surface area contributed by atoms with Crippen LogP contribution in [0.1, 0.15) is 63.0 Å². The minimum Gasteiger partial charge on any atom is -0.485 e. The smallest absolute Gasteiger partial charge is 0.193 e. The highest BCUT2D eigenvalue weighted by Crippen LogP contribution is 2.32. The van der Waals surface area contributed by atoms with Crippen molar-refractivity contribution in [2.75, 3.05) is 0 Å². The first kappa shape index (κ1) is 27.1. The zero-order chi connectivity index (χ0) is 27.7. The van der Waals surface area contributed by atoms with Gasteiger partial charge in [-0.1, -0.05) is 57.2 Å². The highest BCUT2D eigenvalue weighted by Gasteiger charge is 2.17. The molecule has 0 heterocycles. The zero-order valence-electron chi connectivity index (χ0n) is 22.6. The van der Waals surface area contributed by atoms with Gasteiger partial charge in [-0.3, -0.25) is 4.79 Å². The van der Waals surface area contributed by atoms with E-state index in [1.54, 1.807) is 42.5 Å². The van der Waals surface area contributed by atoms with Crippen LogP contribution in [0.4, 0.5) is 8.78 Å². The molecule has 0 aliphatic carbocycles. The van der Waals surface area contributed by atoms with Crippen molar-refractivity contribution < 1.29 is 23.0 Å². The average molecular weight is 515 g/mol. The largest absolute Gasteiger partial charge is 0.485 e. The van der Waals surface area contributed by atoms with Crippen molar-refractivity contribution in [2.24, 2.45) is 0 Å². The van der Waals surface area contributed by atoms with Crippen molar-refractivity contribution in [3.05, 3.63) is 113 Å². The van der Waals surface area contributed by atoms with Crippen LogP contribution in [0.2, 0.25) is 0 Å². The van der Waals surface area contributed by atoms with Crippen molar-refractivity contribution in [3.8, 4) is 28.4 Å². The molecule has 38 heavy (non-hydrogen) atoms. The molecule has 4 aromatic carbocycles. The standard InChI is InChI=1S/C33H32F2O3/c1-32(2,3)25-13-7-21(8-14-25)31(36)22-9-15-26(16-10-22)37-29-17-11-23(19-27(29)34)24-12-18-30(28(35)20-24)38-33(4,5)6/h7-20H,1-6H3. The van der Waals surface area contributed by atoms with E-state index in [-0.39, 0.29) is 22.7 Å². The fourth-order valence-corrected chi connectivity index (χ4v) is 3.95. The van der Waals surface area contributed by atoms with Crippen molar-refractivity contribution in [2.45, 2.75) is 52.6 Å². The second-order valence-electron chi connectivity index (χ2n) is 11.3. The summed E-state index contributed by atoms with van der Waals surface area (Å²) in [5, 5.41) is 0. The molecule has 0 saturated carbocycles. The van der Waals surface area contributed by atoms with Gasteiger partial charge in [0.2, 0.25) is 0 Å². The number of benzene rings is 4. The summed E-state index contributed by atoms with van der Waals surface area (Å²) in [6, 6.07) is 23.2. The Morgan fingerprint density at radius 2 is 1.11 bits per heavy atom. The van der Waals surface area contributed by atoms with E-state index in [4.69, 9.17) is 9.47 Å². The van der Waals surface area contributed by atoms with E-state index in [2.05, 4.69) is 20.8 Å². The number of carbonyl (C=O) groups is 1. The molecular formula is C33H32F2O3. The summed E-state index contributed by atoms with van der Waals surface area (Å²) < 4.78 is 40.7. The zero-order valence-corrected chi connectivity index (χ0v) is 22.6. The van der Waals surface area contributed by atoms with Crippen LogP contribution < -0.4 is 9.47 Å². The molecule has 0 aliphatic rings. The molecule has 0 radical (unpaired) electrons. The molecule has 196 valence electrons. The predicted octanol–water partition coefficient (Wildman–Crippen LogP) is 9.13.